The van der Waals surface area contributed by atoms with E-state index in [1.807, 2.05) is 45.0 Å². The second-order valence-corrected chi connectivity index (χ2v) is 5.82. The summed E-state index contributed by atoms with van der Waals surface area (Å²) in [5.74, 6) is 2.10. The fourth-order valence-electron chi connectivity index (χ4n) is 1.67. The molecular formula is C15H22IN5O2. The van der Waals surface area contributed by atoms with Crippen molar-refractivity contribution in [1.82, 2.24) is 10.1 Å². The van der Waals surface area contributed by atoms with Gasteiger partial charge in [0.1, 0.15) is 12.3 Å². The van der Waals surface area contributed by atoms with Gasteiger partial charge in [-0.05, 0) is 12.1 Å². The number of methoxy groups -OCH3 is 1. The highest BCUT2D eigenvalue weighted by Gasteiger charge is 2.21. The molecule has 0 aliphatic rings. The average Bonchev–Trinajstić information content (AvgIpc) is 2.94. The van der Waals surface area contributed by atoms with Crippen molar-refractivity contribution in [2.75, 3.05) is 12.4 Å². The molecule has 0 saturated carbocycles. The first-order valence-corrected chi connectivity index (χ1v) is 6.92. The maximum absolute atomic E-state index is 5.85. The van der Waals surface area contributed by atoms with Gasteiger partial charge in [-0.1, -0.05) is 32.0 Å². The molecule has 0 fully saturated rings. The number of nitrogens with one attached hydrogen (secondary N) is 1. The van der Waals surface area contributed by atoms with Crippen molar-refractivity contribution in [3.63, 3.8) is 0 Å². The van der Waals surface area contributed by atoms with Crippen molar-refractivity contribution in [3.05, 3.63) is 36.0 Å². The smallest absolute Gasteiger partial charge is 0.232 e. The van der Waals surface area contributed by atoms with Crippen LogP contribution >= 0.6 is 24.0 Å². The zero-order valence-corrected chi connectivity index (χ0v) is 16.0. The fourth-order valence-corrected chi connectivity index (χ4v) is 1.67. The highest BCUT2D eigenvalue weighted by molar-refractivity contribution is 14.0. The number of guanidine groups is 1. The minimum Gasteiger partial charge on any atom is -0.497 e. The van der Waals surface area contributed by atoms with Crippen LogP contribution in [0.2, 0.25) is 0 Å². The summed E-state index contributed by atoms with van der Waals surface area (Å²) in [6.07, 6.45) is 0. The number of nitrogens with two attached hydrogens (primary N) is 1. The third-order valence-corrected chi connectivity index (χ3v) is 2.84. The van der Waals surface area contributed by atoms with Crippen LogP contribution in [0.3, 0.4) is 0 Å². The largest absolute Gasteiger partial charge is 0.497 e. The Bertz CT molecular complexity index is 664. The van der Waals surface area contributed by atoms with Gasteiger partial charge in [0.05, 0.1) is 7.11 Å². The number of aromatic nitrogens is 2. The molecule has 126 valence electrons. The molecule has 2 rings (SSSR count). The minimum atomic E-state index is -0.181. The highest BCUT2D eigenvalue weighted by Crippen LogP contribution is 2.20. The Labute approximate surface area is 152 Å². The molecule has 0 unspecified atom stereocenters. The van der Waals surface area contributed by atoms with Gasteiger partial charge in [-0.3, -0.25) is 0 Å². The van der Waals surface area contributed by atoms with Gasteiger partial charge in [0, 0.05) is 17.2 Å². The van der Waals surface area contributed by atoms with E-state index in [-0.39, 0.29) is 41.9 Å². The zero-order valence-electron chi connectivity index (χ0n) is 13.7. The van der Waals surface area contributed by atoms with Crippen molar-refractivity contribution >= 4 is 35.6 Å². The van der Waals surface area contributed by atoms with E-state index in [9.17, 15) is 0 Å². The van der Waals surface area contributed by atoms with E-state index in [1.54, 1.807) is 7.11 Å². The fraction of sp³-hybridized carbons (Fsp3) is 0.400. The van der Waals surface area contributed by atoms with E-state index in [1.165, 1.54) is 0 Å². The standard InChI is InChI=1S/C15H21N5O2.HI/c1-15(2,3)13-19-12(20-22-13)9-17-14(16)18-10-6-5-7-11(8-10)21-4;/h5-8H,9H2,1-4H3,(H3,16,17,18);1H. The first-order valence-electron chi connectivity index (χ1n) is 6.92. The highest BCUT2D eigenvalue weighted by atomic mass is 127. The van der Waals surface area contributed by atoms with Crippen LogP contribution in [0.5, 0.6) is 5.75 Å². The van der Waals surface area contributed by atoms with Gasteiger partial charge in [0.15, 0.2) is 11.8 Å². The molecule has 2 aromatic rings. The summed E-state index contributed by atoms with van der Waals surface area (Å²) in [4.78, 5) is 8.50. The predicted molar refractivity (Wildman–Crippen MR) is 100 cm³/mol. The Morgan fingerprint density at radius 1 is 1.39 bits per heavy atom. The molecule has 8 heteroatoms. The third kappa shape index (κ3) is 5.70. The first kappa shape index (κ1) is 19.2. The molecule has 1 aromatic heterocycles. The van der Waals surface area contributed by atoms with Crippen LogP contribution < -0.4 is 15.8 Å². The Morgan fingerprint density at radius 2 is 2.13 bits per heavy atom. The van der Waals surface area contributed by atoms with Gasteiger partial charge in [-0.2, -0.15) is 4.98 Å². The molecule has 0 aliphatic heterocycles. The lowest BCUT2D eigenvalue weighted by molar-refractivity contribution is 0.318. The number of aliphatic imine (C=N–C) groups is 1. The number of ether oxygens (including phenoxy) is 1. The van der Waals surface area contributed by atoms with E-state index >= 15 is 0 Å². The number of hydrogen-bond acceptors (Lipinski definition) is 5. The summed E-state index contributed by atoms with van der Waals surface area (Å²) in [5.41, 5.74) is 6.46. The SMILES string of the molecule is COc1cccc(NC(N)=NCc2noc(C(C)(C)C)n2)c1.I. The van der Waals surface area contributed by atoms with Crippen LogP contribution in [0.25, 0.3) is 0 Å². The molecule has 7 nitrogen and oxygen atoms in total. The lowest BCUT2D eigenvalue weighted by atomic mass is 9.97. The molecule has 0 bridgehead atoms. The van der Waals surface area contributed by atoms with Gasteiger partial charge >= 0.3 is 0 Å². The maximum atomic E-state index is 5.85. The summed E-state index contributed by atoms with van der Waals surface area (Å²) < 4.78 is 10.3. The molecule has 3 N–H and O–H groups in total. The second kappa shape index (κ2) is 8.14. The Balaban J connectivity index is 0.00000264. The van der Waals surface area contributed by atoms with Crippen LogP contribution in [0.15, 0.2) is 33.8 Å². The third-order valence-electron chi connectivity index (χ3n) is 2.84. The predicted octanol–water partition coefficient (Wildman–Crippen LogP) is 2.92. The summed E-state index contributed by atoms with van der Waals surface area (Å²) in [5, 5.41) is 6.88. The number of benzene rings is 1. The minimum absolute atomic E-state index is 0. The van der Waals surface area contributed by atoms with Gasteiger partial charge in [0.2, 0.25) is 5.89 Å². The molecule has 0 atom stereocenters. The maximum Gasteiger partial charge on any atom is 0.232 e. The molecule has 23 heavy (non-hydrogen) atoms. The van der Waals surface area contributed by atoms with Crippen LogP contribution in [0.1, 0.15) is 32.5 Å². The molecule has 0 saturated heterocycles. The van der Waals surface area contributed by atoms with Crippen LogP contribution in [0, 0.1) is 0 Å². The Hall–Kier alpha value is -1.84. The number of halogens is 1. The van der Waals surface area contributed by atoms with E-state index < -0.39 is 0 Å². The topological polar surface area (TPSA) is 98.6 Å². The molecule has 0 aliphatic carbocycles. The van der Waals surface area contributed by atoms with Crippen LogP contribution in [-0.4, -0.2) is 23.2 Å². The summed E-state index contributed by atoms with van der Waals surface area (Å²) >= 11 is 0. The average molecular weight is 431 g/mol. The normalized spacial score (nSPS) is 11.7. The van der Waals surface area contributed by atoms with Gasteiger partial charge in [0.25, 0.3) is 0 Å². The van der Waals surface area contributed by atoms with E-state index in [4.69, 9.17) is 15.0 Å². The van der Waals surface area contributed by atoms with E-state index in [0.717, 1.165) is 11.4 Å². The van der Waals surface area contributed by atoms with Crippen LogP contribution in [-0.2, 0) is 12.0 Å². The monoisotopic (exact) mass is 431 g/mol. The quantitative estimate of drug-likeness (QED) is 0.439. The summed E-state index contributed by atoms with van der Waals surface area (Å²) in [7, 11) is 1.61. The molecule has 0 radical (unpaired) electrons. The van der Waals surface area contributed by atoms with Crippen molar-refractivity contribution in [2.45, 2.75) is 32.7 Å². The number of hydrogen-bond donors (Lipinski definition) is 2. The Kier molecular flexibility index (Phi) is 6.79. The van der Waals surface area contributed by atoms with Crippen molar-refractivity contribution in [2.24, 2.45) is 10.7 Å². The lowest BCUT2D eigenvalue weighted by Crippen LogP contribution is -2.22. The van der Waals surface area contributed by atoms with Gasteiger partial charge in [-0.25, -0.2) is 4.99 Å². The number of rotatable bonds is 4. The van der Waals surface area contributed by atoms with Crippen molar-refractivity contribution in [1.29, 1.82) is 0 Å². The molecule has 0 amide bonds. The summed E-state index contributed by atoms with van der Waals surface area (Å²) in [6.45, 7) is 6.27. The lowest BCUT2D eigenvalue weighted by Gasteiger charge is -2.10. The van der Waals surface area contributed by atoms with E-state index in [2.05, 4.69) is 20.4 Å². The van der Waals surface area contributed by atoms with Crippen molar-refractivity contribution in [3.8, 4) is 5.75 Å². The van der Waals surface area contributed by atoms with Gasteiger partial charge < -0.3 is 20.3 Å². The number of nitrogens with zero attached hydrogens (tertiary/aromatic N) is 3. The number of anilines is 1. The molecule has 0 spiro atoms. The van der Waals surface area contributed by atoms with Crippen molar-refractivity contribution < 1.29 is 9.26 Å². The first-order chi connectivity index (χ1) is 10.4. The summed E-state index contributed by atoms with van der Waals surface area (Å²) in [6, 6.07) is 7.42. The second-order valence-electron chi connectivity index (χ2n) is 5.82. The molecular weight excluding hydrogens is 409 g/mol. The van der Waals surface area contributed by atoms with E-state index in [0.29, 0.717) is 11.7 Å². The van der Waals surface area contributed by atoms with Crippen LogP contribution in [0.4, 0.5) is 5.69 Å². The Morgan fingerprint density at radius 3 is 2.74 bits per heavy atom. The molecule has 1 heterocycles. The zero-order chi connectivity index (χ0) is 16.2. The van der Waals surface area contributed by atoms with Gasteiger partial charge in [-0.15, -0.1) is 24.0 Å². The molecule has 1 aromatic carbocycles.